The summed E-state index contributed by atoms with van der Waals surface area (Å²) < 4.78 is 65.6. The highest BCUT2D eigenvalue weighted by Gasteiger charge is 2.38. The summed E-state index contributed by atoms with van der Waals surface area (Å²) >= 11 is 0. The summed E-state index contributed by atoms with van der Waals surface area (Å²) in [6, 6.07) is 5.68. The molecule has 2 aliphatic rings. The zero-order valence-corrected chi connectivity index (χ0v) is 16.7. The van der Waals surface area contributed by atoms with E-state index in [4.69, 9.17) is 0 Å². The van der Waals surface area contributed by atoms with Crippen LogP contribution in [0.25, 0.3) is 10.8 Å². The fraction of sp³-hybridized carbons (Fsp3) is 0.312. The molecule has 2 saturated heterocycles. The Balaban J connectivity index is 1.67. The van der Waals surface area contributed by atoms with Crippen molar-refractivity contribution < 1.29 is 31.1 Å². The van der Waals surface area contributed by atoms with Gasteiger partial charge in [-0.25, -0.2) is 21.8 Å². The van der Waals surface area contributed by atoms with E-state index >= 15 is 4.39 Å². The zero-order chi connectivity index (χ0) is 21.1. The quantitative estimate of drug-likeness (QED) is 0.600. The molecule has 156 valence electrons. The first-order chi connectivity index (χ1) is 13.5. The van der Waals surface area contributed by atoms with Gasteiger partial charge in [0.15, 0.2) is 5.82 Å². The van der Waals surface area contributed by atoms with Crippen LogP contribution < -0.4 is 14.3 Å². The van der Waals surface area contributed by atoms with Gasteiger partial charge in [0.2, 0.25) is 10.0 Å². The van der Waals surface area contributed by atoms with E-state index in [-0.39, 0.29) is 24.5 Å². The van der Waals surface area contributed by atoms with Gasteiger partial charge in [0.25, 0.3) is 5.91 Å². The van der Waals surface area contributed by atoms with Crippen LogP contribution in [0.15, 0.2) is 24.3 Å². The summed E-state index contributed by atoms with van der Waals surface area (Å²) in [7, 11) is -7.55. The lowest BCUT2D eigenvalue weighted by molar-refractivity contribution is -0.117. The number of nitrogens with zero attached hydrogens (tertiary/aromatic N) is 2. The molecular formula is C16H17FN4O6S2. The number of phenolic OH excluding ortho intramolecular Hbond substituents is 1. The largest absolute Gasteiger partial charge is 0.506 e. The van der Waals surface area contributed by atoms with Crippen LogP contribution in [0.2, 0.25) is 0 Å². The Morgan fingerprint density at radius 3 is 2.55 bits per heavy atom. The van der Waals surface area contributed by atoms with Crippen LogP contribution in [0, 0.1) is 5.82 Å². The second-order valence-corrected chi connectivity index (χ2v) is 10.5. The van der Waals surface area contributed by atoms with Crippen molar-refractivity contribution >= 4 is 48.3 Å². The SMILES string of the molecule is CS(=O)(=O)N1CC(Nc2ccc3cc(O)c(N4CC(=O)NS4(=O)=O)c(F)c3c2)C1. The van der Waals surface area contributed by atoms with Crippen LogP contribution in [0.4, 0.5) is 15.8 Å². The number of rotatable bonds is 4. The number of carbonyl (C=O) groups excluding carboxylic acids is 1. The molecule has 2 heterocycles. The second kappa shape index (κ2) is 6.43. The Labute approximate surface area is 166 Å². The average Bonchev–Trinajstić information content (AvgIpc) is 2.82. The maximum Gasteiger partial charge on any atom is 0.326 e. The number of anilines is 2. The predicted molar refractivity (Wildman–Crippen MR) is 104 cm³/mol. The molecule has 0 saturated carbocycles. The fourth-order valence-corrected chi connectivity index (χ4v) is 5.40. The van der Waals surface area contributed by atoms with Crippen LogP contribution in [-0.4, -0.2) is 64.1 Å². The molecule has 0 radical (unpaired) electrons. The molecule has 0 unspecified atom stereocenters. The second-order valence-electron chi connectivity index (χ2n) is 6.95. The van der Waals surface area contributed by atoms with Gasteiger partial charge in [0.05, 0.1) is 12.3 Å². The number of sulfonamides is 1. The minimum atomic E-state index is -4.29. The third-order valence-electron chi connectivity index (χ3n) is 4.79. The molecule has 0 aromatic heterocycles. The van der Waals surface area contributed by atoms with Crippen molar-refractivity contribution in [3.05, 3.63) is 30.1 Å². The van der Waals surface area contributed by atoms with E-state index in [0.717, 1.165) is 6.26 Å². The Bertz CT molecular complexity index is 1240. The molecule has 29 heavy (non-hydrogen) atoms. The Morgan fingerprint density at radius 1 is 1.28 bits per heavy atom. The molecule has 2 aromatic rings. The molecule has 1 amide bonds. The first-order valence-electron chi connectivity index (χ1n) is 8.46. The Morgan fingerprint density at radius 2 is 1.97 bits per heavy atom. The molecule has 0 bridgehead atoms. The fourth-order valence-electron chi connectivity index (χ4n) is 3.34. The molecule has 3 N–H and O–H groups in total. The van der Waals surface area contributed by atoms with Gasteiger partial charge in [0.1, 0.15) is 18.0 Å². The molecule has 4 rings (SSSR count). The number of amides is 1. The van der Waals surface area contributed by atoms with Crippen molar-refractivity contribution in [3.63, 3.8) is 0 Å². The number of hydrogen-bond donors (Lipinski definition) is 3. The van der Waals surface area contributed by atoms with Gasteiger partial charge in [-0.2, -0.15) is 12.7 Å². The highest BCUT2D eigenvalue weighted by molar-refractivity contribution is 7.92. The molecule has 0 atom stereocenters. The number of hydrogen-bond acceptors (Lipinski definition) is 7. The summed E-state index contributed by atoms with van der Waals surface area (Å²) in [5, 5.41) is 13.6. The summed E-state index contributed by atoms with van der Waals surface area (Å²) in [5.74, 6) is -2.44. The average molecular weight is 444 g/mol. The van der Waals surface area contributed by atoms with Crippen LogP contribution in [0.5, 0.6) is 5.75 Å². The van der Waals surface area contributed by atoms with Crippen LogP contribution in [0.3, 0.4) is 0 Å². The summed E-state index contributed by atoms with van der Waals surface area (Å²) in [5.41, 5.74) is -0.107. The lowest BCUT2D eigenvalue weighted by Gasteiger charge is -2.38. The van der Waals surface area contributed by atoms with E-state index in [0.29, 0.717) is 15.4 Å². The number of benzene rings is 2. The molecule has 2 aliphatic heterocycles. The highest BCUT2D eigenvalue weighted by atomic mass is 32.2. The lowest BCUT2D eigenvalue weighted by Crippen LogP contribution is -2.56. The van der Waals surface area contributed by atoms with Gasteiger partial charge in [0, 0.05) is 24.2 Å². The lowest BCUT2D eigenvalue weighted by atomic mass is 10.1. The van der Waals surface area contributed by atoms with Gasteiger partial charge in [-0.15, -0.1) is 0 Å². The molecule has 13 heteroatoms. The van der Waals surface area contributed by atoms with Crippen LogP contribution >= 0.6 is 0 Å². The van der Waals surface area contributed by atoms with Crippen molar-refractivity contribution in [2.24, 2.45) is 0 Å². The third kappa shape index (κ3) is 3.45. The number of carbonyl (C=O) groups is 1. The van der Waals surface area contributed by atoms with E-state index in [2.05, 4.69) is 5.32 Å². The molecule has 0 aliphatic carbocycles. The summed E-state index contributed by atoms with van der Waals surface area (Å²) in [6.45, 7) is -0.0837. The van der Waals surface area contributed by atoms with E-state index in [1.165, 1.54) is 16.4 Å². The van der Waals surface area contributed by atoms with Crippen molar-refractivity contribution in [2.45, 2.75) is 6.04 Å². The normalized spacial score (nSPS) is 19.9. The Kier molecular flexibility index (Phi) is 4.36. The maximum absolute atomic E-state index is 15.2. The molecule has 0 spiro atoms. The predicted octanol–water partition coefficient (Wildman–Crippen LogP) is -0.0788. The number of aromatic hydroxyl groups is 1. The number of halogens is 1. The van der Waals surface area contributed by atoms with Crippen molar-refractivity contribution in [1.82, 2.24) is 9.03 Å². The summed E-state index contributed by atoms with van der Waals surface area (Å²) in [6.07, 6.45) is 1.12. The highest BCUT2D eigenvalue weighted by Crippen LogP contribution is 2.39. The number of fused-ring (bicyclic) bond motifs is 1. The van der Waals surface area contributed by atoms with Crippen molar-refractivity contribution in [1.29, 1.82) is 0 Å². The van der Waals surface area contributed by atoms with Crippen molar-refractivity contribution in [3.8, 4) is 5.75 Å². The smallest absolute Gasteiger partial charge is 0.326 e. The van der Waals surface area contributed by atoms with Crippen molar-refractivity contribution in [2.75, 3.05) is 35.5 Å². The molecular weight excluding hydrogens is 427 g/mol. The molecule has 2 aromatic carbocycles. The van der Waals surface area contributed by atoms with Crippen LogP contribution in [0.1, 0.15) is 0 Å². The standard InChI is InChI=1S/C16H17FN4O6S2/c1-28(24,25)20-6-11(7-20)18-10-3-2-9-4-13(22)16(15(17)12(9)5-10)21-8-14(23)19-29(21,26)27/h2-5,11,18,22H,6-8H2,1H3,(H,19,23). The van der Waals surface area contributed by atoms with Gasteiger partial charge in [-0.3, -0.25) is 4.79 Å². The Hall–Kier alpha value is -2.64. The van der Waals surface area contributed by atoms with Gasteiger partial charge in [-0.1, -0.05) is 6.07 Å². The van der Waals surface area contributed by atoms with Gasteiger partial charge < -0.3 is 10.4 Å². The first kappa shape index (κ1) is 19.7. The van der Waals surface area contributed by atoms with E-state index in [1.54, 1.807) is 16.9 Å². The minimum absolute atomic E-state index is 0.0386. The zero-order valence-electron chi connectivity index (χ0n) is 15.1. The topological polar surface area (TPSA) is 136 Å². The van der Waals surface area contributed by atoms with E-state index in [1.807, 2.05) is 0 Å². The maximum atomic E-state index is 15.2. The molecule has 2 fully saturated rings. The van der Waals surface area contributed by atoms with Gasteiger partial charge in [-0.05, 0) is 23.6 Å². The number of phenols is 1. The van der Waals surface area contributed by atoms with E-state index < -0.39 is 49.9 Å². The summed E-state index contributed by atoms with van der Waals surface area (Å²) in [4.78, 5) is 11.4. The molecule has 10 nitrogen and oxygen atoms in total. The first-order valence-corrected chi connectivity index (χ1v) is 11.7. The van der Waals surface area contributed by atoms with E-state index in [9.17, 15) is 26.7 Å². The minimum Gasteiger partial charge on any atom is -0.506 e. The van der Waals surface area contributed by atoms with Gasteiger partial charge >= 0.3 is 10.2 Å². The third-order valence-corrected chi connectivity index (χ3v) is 7.40. The number of nitrogens with one attached hydrogen (secondary N) is 2. The van der Waals surface area contributed by atoms with Crippen LogP contribution in [-0.2, 0) is 25.0 Å². The monoisotopic (exact) mass is 444 g/mol.